The molecule has 2 saturated heterocycles. The lowest BCUT2D eigenvalue weighted by atomic mass is 9.95. The average Bonchev–Trinajstić information content (AvgIpc) is 3.15. The monoisotopic (exact) mass is 293 g/mol. The highest BCUT2D eigenvalue weighted by atomic mass is 32.1. The number of hydrogen-bond donors (Lipinski definition) is 1. The van der Waals surface area contributed by atoms with Crippen LogP contribution in [0.2, 0.25) is 0 Å². The van der Waals surface area contributed by atoms with Gasteiger partial charge in [-0.15, -0.1) is 11.3 Å². The summed E-state index contributed by atoms with van der Waals surface area (Å²) >= 11 is 1.85. The van der Waals surface area contributed by atoms with Crippen molar-refractivity contribution in [3.8, 4) is 0 Å². The van der Waals surface area contributed by atoms with E-state index in [1.54, 1.807) is 0 Å². The summed E-state index contributed by atoms with van der Waals surface area (Å²) in [6.45, 7) is 7.19. The van der Waals surface area contributed by atoms with Crippen molar-refractivity contribution in [1.29, 1.82) is 0 Å². The highest BCUT2D eigenvalue weighted by Gasteiger charge is 2.27. The third kappa shape index (κ3) is 3.42. The summed E-state index contributed by atoms with van der Waals surface area (Å²) < 4.78 is 0. The molecular formula is C16H27N3S. The molecule has 1 aromatic rings. The second-order valence-corrected chi connectivity index (χ2v) is 7.23. The molecule has 2 aliphatic heterocycles. The minimum atomic E-state index is 0.447. The number of nitrogens with two attached hydrogens (primary N) is 1. The van der Waals surface area contributed by atoms with Gasteiger partial charge in [-0.3, -0.25) is 4.90 Å². The van der Waals surface area contributed by atoms with Crippen LogP contribution in [-0.4, -0.2) is 49.1 Å². The Bertz CT molecular complexity index is 378. The molecule has 0 amide bonds. The summed E-state index contributed by atoms with van der Waals surface area (Å²) in [5.41, 5.74) is 6.02. The van der Waals surface area contributed by atoms with Gasteiger partial charge < -0.3 is 10.6 Å². The maximum atomic E-state index is 6.02. The van der Waals surface area contributed by atoms with E-state index in [0.29, 0.717) is 6.04 Å². The van der Waals surface area contributed by atoms with E-state index in [4.69, 9.17) is 5.73 Å². The van der Waals surface area contributed by atoms with Crippen molar-refractivity contribution in [2.75, 3.05) is 39.3 Å². The number of piperidine rings is 1. The van der Waals surface area contributed by atoms with Gasteiger partial charge in [0, 0.05) is 18.0 Å². The van der Waals surface area contributed by atoms with Gasteiger partial charge in [-0.1, -0.05) is 6.07 Å². The van der Waals surface area contributed by atoms with Crippen molar-refractivity contribution in [3.05, 3.63) is 22.4 Å². The molecule has 2 aliphatic rings. The van der Waals surface area contributed by atoms with E-state index >= 15 is 0 Å². The molecule has 2 fully saturated rings. The van der Waals surface area contributed by atoms with Crippen molar-refractivity contribution in [2.24, 2.45) is 11.7 Å². The summed E-state index contributed by atoms with van der Waals surface area (Å²) in [5.74, 6) is 0.908. The van der Waals surface area contributed by atoms with Gasteiger partial charge in [0.1, 0.15) is 0 Å². The Morgan fingerprint density at radius 1 is 1.20 bits per heavy atom. The summed E-state index contributed by atoms with van der Waals surface area (Å²) in [4.78, 5) is 6.71. The van der Waals surface area contributed by atoms with Gasteiger partial charge in [0.05, 0.1) is 6.04 Å². The first-order valence-electron chi connectivity index (χ1n) is 8.06. The highest BCUT2D eigenvalue weighted by Crippen LogP contribution is 2.29. The number of thiophene rings is 1. The molecule has 112 valence electrons. The van der Waals surface area contributed by atoms with Gasteiger partial charge in [-0.25, -0.2) is 0 Å². The fourth-order valence-corrected chi connectivity index (χ4v) is 4.58. The van der Waals surface area contributed by atoms with Gasteiger partial charge >= 0.3 is 0 Å². The third-order valence-corrected chi connectivity index (χ3v) is 5.87. The van der Waals surface area contributed by atoms with Gasteiger partial charge in [0.15, 0.2) is 0 Å². The number of likely N-dealkylation sites (tertiary alicyclic amines) is 2. The molecule has 2 N–H and O–H groups in total. The predicted octanol–water partition coefficient (Wildman–Crippen LogP) is 2.56. The van der Waals surface area contributed by atoms with Gasteiger partial charge in [0.25, 0.3) is 0 Å². The first kappa shape index (κ1) is 14.5. The SMILES string of the molecule is NCC(c1cccs1)N1CCC(CN2CCCC2)CC1. The van der Waals surface area contributed by atoms with Crippen LogP contribution in [0, 0.1) is 5.92 Å². The largest absolute Gasteiger partial charge is 0.329 e. The number of nitrogens with zero attached hydrogens (tertiary/aromatic N) is 2. The Labute approximate surface area is 126 Å². The summed E-state index contributed by atoms with van der Waals surface area (Å²) in [7, 11) is 0. The Kier molecular flexibility index (Phi) is 5.10. The zero-order chi connectivity index (χ0) is 13.8. The second kappa shape index (κ2) is 7.03. The van der Waals surface area contributed by atoms with Gasteiger partial charge in [-0.05, 0) is 69.2 Å². The lowest BCUT2D eigenvalue weighted by Gasteiger charge is -2.37. The summed E-state index contributed by atoms with van der Waals surface area (Å²) in [6, 6.07) is 4.82. The van der Waals surface area contributed by atoms with Crippen LogP contribution in [0.25, 0.3) is 0 Å². The molecule has 20 heavy (non-hydrogen) atoms. The molecule has 1 aromatic heterocycles. The first-order chi connectivity index (χ1) is 9.86. The lowest BCUT2D eigenvalue weighted by molar-refractivity contribution is 0.119. The van der Waals surface area contributed by atoms with Crippen LogP contribution in [-0.2, 0) is 0 Å². The van der Waals surface area contributed by atoms with E-state index < -0.39 is 0 Å². The van der Waals surface area contributed by atoms with E-state index in [-0.39, 0.29) is 0 Å². The fourth-order valence-electron chi connectivity index (χ4n) is 3.70. The first-order valence-corrected chi connectivity index (χ1v) is 8.94. The Morgan fingerprint density at radius 3 is 2.55 bits per heavy atom. The molecule has 3 heterocycles. The molecule has 1 atom stereocenters. The normalized spacial score (nSPS) is 24.2. The molecule has 0 aliphatic carbocycles. The maximum Gasteiger partial charge on any atom is 0.0564 e. The molecule has 0 radical (unpaired) electrons. The molecule has 1 unspecified atom stereocenters. The Hall–Kier alpha value is -0.420. The molecule has 0 aromatic carbocycles. The molecular weight excluding hydrogens is 266 g/mol. The van der Waals surface area contributed by atoms with Crippen molar-refractivity contribution in [2.45, 2.75) is 31.7 Å². The molecule has 0 saturated carbocycles. The van der Waals surface area contributed by atoms with Gasteiger partial charge in [-0.2, -0.15) is 0 Å². The molecule has 3 rings (SSSR count). The maximum absolute atomic E-state index is 6.02. The molecule has 3 nitrogen and oxygen atoms in total. The number of hydrogen-bond acceptors (Lipinski definition) is 4. The van der Waals surface area contributed by atoms with Crippen molar-refractivity contribution < 1.29 is 0 Å². The molecule has 4 heteroatoms. The third-order valence-electron chi connectivity index (χ3n) is 4.90. The van der Waals surface area contributed by atoms with E-state index in [0.717, 1.165) is 12.5 Å². The minimum Gasteiger partial charge on any atom is -0.329 e. The minimum absolute atomic E-state index is 0.447. The zero-order valence-corrected chi connectivity index (χ0v) is 13.2. The second-order valence-electron chi connectivity index (χ2n) is 6.25. The van der Waals surface area contributed by atoms with E-state index in [9.17, 15) is 0 Å². The highest BCUT2D eigenvalue weighted by molar-refractivity contribution is 7.10. The average molecular weight is 293 g/mol. The van der Waals surface area contributed by atoms with Crippen molar-refractivity contribution in [3.63, 3.8) is 0 Å². The van der Waals surface area contributed by atoms with Crippen molar-refractivity contribution >= 4 is 11.3 Å². The van der Waals surface area contributed by atoms with Crippen molar-refractivity contribution in [1.82, 2.24) is 9.80 Å². The zero-order valence-electron chi connectivity index (χ0n) is 12.3. The number of rotatable bonds is 5. The van der Waals surface area contributed by atoms with Crippen LogP contribution in [0.5, 0.6) is 0 Å². The standard InChI is InChI=1S/C16H27N3S/c17-12-15(16-4-3-11-20-16)19-9-5-14(6-10-19)13-18-7-1-2-8-18/h3-4,11,14-15H,1-2,5-10,12-13,17H2. The van der Waals surface area contributed by atoms with Crippen LogP contribution in [0.4, 0.5) is 0 Å². The van der Waals surface area contributed by atoms with Crippen LogP contribution in [0.1, 0.15) is 36.6 Å². The van der Waals surface area contributed by atoms with E-state index in [1.165, 1.54) is 63.3 Å². The molecule has 0 bridgehead atoms. The van der Waals surface area contributed by atoms with Crippen LogP contribution >= 0.6 is 11.3 Å². The van der Waals surface area contributed by atoms with E-state index in [2.05, 4.69) is 27.3 Å². The Balaban J connectivity index is 1.49. The van der Waals surface area contributed by atoms with Gasteiger partial charge in [0.2, 0.25) is 0 Å². The Morgan fingerprint density at radius 2 is 1.95 bits per heavy atom. The quantitative estimate of drug-likeness (QED) is 0.905. The fraction of sp³-hybridized carbons (Fsp3) is 0.750. The van der Waals surface area contributed by atoms with E-state index in [1.807, 2.05) is 11.3 Å². The summed E-state index contributed by atoms with van der Waals surface area (Å²) in [6.07, 6.45) is 5.51. The topological polar surface area (TPSA) is 32.5 Å². The lowest BCUT2D eigenvalue weighted by Crippen LogP contribution is -2.41. The van der Waals surface area contributed by atoms with Crippen LogP contribution < -0.4 is 5.73 Å². The van der Waals surface area contributed by atoms with Crippen LogP contribution in [0.3, 0.4) is 0 Å². The summed E-state index contributed by atoms with van der Waals surface area (Å²) in [5, 5.41) is 2.16. The predicted molar refractivity (Wildman–Crippen MR) is 86.1 cm³/mol. The smallest absolute Gasteiger partial charge is 0.0564 e. The molecule has 0 spiro atoms. The van der Waals surface area contributed by atoms with Crippen LogP contribution in [0.15, 0.2) is 17.5 Å².